The van der Waals surface area contributed by atoms with Crippen LogP contribution in [0.3, 0.4) is 0 Å². The van der Waals surface area contributed by atoms with Gasteiger partial charge in [0, 0.05) is 5.57 Å². The summed E-state index contributed by atoms with van der Waals surface area (Å²) < 4.78 is 0. The summed E-state index contributed by atoms with van der Waals surface area (Å²) in [6, 6.07) is 0. The van der Waals surface area contributed by atoms with E-state index in [-0.39, 0.29) is 5.91 Å². The van der Waals surface area contributed by atoms with Crippen molar-refractivity contribution in [3.05, 3.63) is 11.1 Å². The molecule has 3 heteroatoms. The number of hydrogen-bond donors (Lipinski definition) is 2. The zero-order valence-corrected chi connectivity index (χ0v) is 7.40. The van der Waals surface area contributed by atoms with Gasteiger partial charge in [-0.25, -0.2) is 5.84 Å². The molecule has 0 aliphatic heterocycles. The molecule has 0 aromatic carbocycles. The van der Waals surface area contributed by atoms with Crippen LogP contribution >= 0.6 is 0 Å². The lowest BCUT2D eigenvalue weighted by atomic mass is 10.1. The minimum absolute atomic E-state index is 0.160. The Kier molecular flexibility index (Phi) is 4.54. The van der Waals surface area contributed by atoms with Gasteiger partial charge in [0.2, 0.25) is 0 Å². The molecule has 0 spiro atoms. The van der Waals surface area contributed by atoms with Gasteiger partial charge in [-0.2, -0.15) is 0 Å². The minimum Gasteiger partial charge on any atom is -0.290 e. The number of hydrazine groups is 1. The lowest BCUT2D eigenvalue weighted by Gasteiger charge is -2.05. The van der Waals surface area contributed by atoms with Crippen LogP contribution in [-0.4, -0.2) is 5.91 Å². The van der Waals surface area contributed by atoms with Gasteiger partial charge in [0.25, 0.3) is 5.91 Å². The maximum absolute atomic E-state index is 11.0. The molecule has 0 aromatic heterocycles. The summed E-state index contributed by atoms with van der Waals surface area (Å²) in [6.45, 7) is 5.87. The zero-order chi connectivity index (χ0) is 8.85. The van der Waals surface area contributed by atoms with E-state index in [1.54, 1.807) is 0 Å². The molecule has 0 aliphatic carbocycles. The number of carbonyl (C=O) groups excluding carboxylic acids is 1. The van der Waals surface area contributed by atoms with Gasteiger partial charge >= 0.3 is 0 Å². The normalized spacial score (nSPS) is 9.09. The van der Waals surface area contributed by atoms with Crippen molar-refractivity contribution in [1.82, 2.24) is 5.43 Å². The largest absolute Gasteiger partial charge is 0.290 e. The van der Waals surface area contributed by atoms with Crippen LogP contribution < -0.4 is 11.3 Å². The van der Waals surface area contributed by atoms with Gasteiger partial charge in [-0.3, -0.25) is 10.2 Å². The fraction of sp³-hybridized carbons (Fsp3) is 0.625. The lowest BCUT2D eigenvalue weighted by Crippen LogP contribution is -2.31. The highest BCUT2D eigenvalue weighted by atomic mass is 16.2. The van der Waals surface area contributed by atoms with E-state index in [0.717, 1.165) is 24.0 Å². The third-order valence-electron chi connectivity index (χ3n) is 1.51. The fourth-order valence-corrected chi connectivity index (χ4v) is 0.928. The Balaban J connectivity index is 4.36. The predicted octanol–water partition coefficient (Wildman–Crippen LogP) is 1.11. The van der Waals surface area contributed by atoms with Gasteiger partial charge in [0.05, 0.1) is 0 Å². The van der Waals surface area contributed by atoms with Gasteiger partial charge in [0.15, 0.2) is 0 Å². The van der Waals surface area contributed by atoms with Crippen molar-refractivity contribution >= 4 is 5.91 Å². The van der Waals surface area contributed by atoms with Gasteiger partial charge in [-0.05, 0) is 20.3 Å². The first kappa shape index (κ1) is 10.2. The van der Waals surface area contributed by atoms with Crippen LogP contribution in [0.25, 0.3) is 0 Å². The second-order valence-corrected chi connectivity index (χ2v) is 2.70. The Morgan fingerprint density at radius 2 is 2.00 bits per heavy atom. The Morgan fingerprint density at radius 1 is 1.45 bits per heavy atom. The molecule has 0 saturated heterocycles. The van der Waals surface area contributed by atoms with Gasteiger partial charge in [0.1, 0.15) is 0 Å². The highest BCUT2D eigenvalue weighted by Gasteiger charge is 2.07. The molecule has 0 bridgehead atoms. The molecular formula is C8H16N2O. The summed E-state index contributed by atoms with van der Waals surface area (Å²) in [4.78, 5) is 11.0. The van der Waals surface area contributed by atoms with E-state index < -0.39 is 0 Å². The van der Waals surface area contributed by atoms with E-state index >= 15 is 0 Å². The monoisotopic (exact) mass is 156 g/mol. The van der Waals surface area contributed by atoms with Crippen molar-refractivity contribution in [2.24, 2.45) is 5.84 Å². The van der Waals surface area contributed by atoms with Gasteiger partial charge in [-0.15, -0.1) is 0 Å². The summed E-state index contributed by atoms with van der Waals surface area (Å²) in [5.41, 5.74) is 3.97. The van der Waals surface area contributed by atoms with E-state index in [1.165, 1.54) is 0 Å². The van der Waals surface area contributed by atoms with Crippen LogP contribution in [0.4, 0.5) is 0 Å². The molecule has 11 heavy (non-hydrogen) atoms. The standard InChI is InChI=1S/C8H16N2O/c1-4-5-7(6(2)3)8(11)10-9/h4-5,9H2,1-3H3,(H,10,11). The van der Waals surface area contributed by atoms with Crippen molar-refractivity contribution in [1.29, 1.82) is 0 Å². The quantitative estimate of drug-likeness (QED) is 0.278. The molecule has 0 saturated carbocycles. The number of amides is 1. The van der Waals surface area contributed by atoms with Crippen molar-refractivity contribution in [3.63, 3.8) is 0 Å². The molecule has 0 fully saturated rings. The SMILES string of the molecule is CCCC(C(=O)NN)=C(C)C. The molecule has 0 atom stereocenters. The highest BCUT2D eigenvalue weighted by Crippen LogP contribution is 2.09. The van der Waals surface area contributed by atoms with E-state index in [1.807, 2.05) is 20.8 Å². The summed E-state index contributed by atoms with van der Waals surface area (Å²) in [5.74, 6) is 4.85. The van der Waals surface area contributed by atoms with Crippen molar-refractivity contribution < 1.29 is 4.79 Å². The van der Waals surface area contributed by atoms with Crippen LogP contribution in [0.1, 0.15) is 33.6 Å². The van der Waals surface area contributed by atoms with Gasteiger partial charge < -0.3 is 0 Å². The maximum Gasteiger partial charge on any atom is 0.261 e. The number of rotatable bonds is 3. The fourth-order valence-electron chi connectivity index (χ4n) is 0.928. The Hall–Kier alpha value is -0.830. The number of nitrogens with two attached hydrogens (primary N) is 1. The number of allylic oxidation sites excluding steroid dienone is 1. The lowest BCUT2D eigenvalue weighted by molar-refractivity contribution is -0.117. The van der Waals surface area contributed by atoms with Crippen LogP contribution in [0, 0.1) is 0 Å². The van der Waals surface area contributed by atoms with Crippen molar-refractivity contribution in [3.8, 4) is 0 Å². The molecule has 0 radical (unpaired) electrons. The van der Waals surface area contributed by atoms with Crippen molar-refractivity contribution in [2.45, 2.75) is 33.6 Å². The predicted molar refractivity (Wildman–Crippen MR) is 45.6 cm³/mol. The first-order valence-corrected chi connectivity index (χ1v) is 3.80. The second kappa shape index (κ2) is 4.91. The molecule has 0 aromatic rings. The minimum atomic E-state index is -0.160. The summed E-state index contributed by atoms with van der Waals surface area (Å²) in [6.07, 6.45) is 1.76. The van der Waals surface area contributed by atoms with Crippen molar-refractivity contribution in [2.75, 3.05) is 0 Å². The molecule has 0 rings (SSSR count). The smallest absolute Gasteiger partial charge is 0.261 e. The number of hydrogen-bond acceptors (Lipinski definition) is 2. The summed E-state index contributed by atoms with van der Waals surface area (Å²) in [7, 11) is 0. The van der Waals surface area contributed by atoms with Crippen LogP contribution in [-0.2, 0) is 4.79 Å². The third-order valence-corrected chi connectivity index (χ3v) is 1.51. The van der Waals surface area contributed by atoms with E-state index in [0.29, 0.717) is 0 Å². The van der Waals surface area contributed by atoms with Crippen LogP contribution in [0.5, 0.6) is 0 Å². The summed E-state index contributed by atoms with van der Waals surface area (Å²) >= 11 is 0. The first-order valence-electron chi connectivity index (χ1n) is 3.80. The molecular weight excluding hydrogens is 140 g/mol. The highest BCUT2D eigenvalue weighted by molar-refractivity contribution is 5.93. The molecule has 3 N–H and O–H groups in total. The molecule has 0 aliphatic rings. The maximum atomic E-state index is 11.0. The number of nitrogens with one attached hydrogen (secondary N) is 1. The first-order chi connectivity index (χ1) is 5.13. The van der Waals surface area contributed by atoms with Crippen LogP contribution in [0.2, 0.25) is 0 Å². The molecule has 64 valence electrons. The molecule has 1 amide bonds. The second-order valence-electron chi connectivity index (χ2n) is 2.70. The molecule has 0 heterocycles. The van der Waals surface area contributed by atoms with Gasteiger partial charge in [-0.1, -0.05) is 18.9 Å². The van der Waals surface area contributed by atoms with E-state index in [2.05, 4.69) is 5.43 Å². The van der Waals surface area contributed by atoms with Crippen LogP contribution in [0.15, 0.2) is 11.1 Å². The molecule has 3 nitrogen and oxygen atoms in total. The zero-order valence-electron chi connectivity index (χ0n) is 7.40. The number of carbonyl (C=O) groups is 1. The average molecular weight is 156 g/mol. The average Bonchev–Trinajstić information content (AvgIpc) is 1.98. The third kappa shape index (κ3) is 3.18. The van der Waals surface area contributed by atoms with E-state index in [9.17, 15) is 4.79 Å². The Bertz CT molecular complexity index is 169. The topological polar surface area (TPSA) is 55.1 Å². The van der Waals surface area contributed by atoms with E-state index in [4.69, 9.17) is 5.84 Å². The summed E-state index contributed by atoms with van der Waals surface area (Å²) in [5, 5.41) is 0. The Morgan fingerprint density at radius 3 is 2.27 bits per heavy atom. The molecule has 0 unspecified atom stereocenters. The Labute approximate surface area is 67.6 Å².